The number of hydrogen-bond donors (Lipinski definition) is 2. The van der Waals surface area contributed by atoms with Crippen LogP contribution < -0.4 is 11.1 Å². The van der Waals surface area contributed by atoms with Crippen molar-refractivity contribution in [2.75, 3.05) is 0 Å². The predicted molar refractivity (Wildman–Crippen MR) is 83.9 cm³/mol. The smallest absolute Gasteiger partial charge is 0.0900 e. The van der Waals surface area contributed by atoms with Crippen molar-refractivity contribution in [3.05, 3.63) is 51.0 Å². The van der Waals surface area contributed by atoms with E-state index in [9.17, 15) is 0 Å². The largest absolute Gasteiger partial charge is 0.324 e. The van der Waals surface area contributed by atoms with Crippen LogP contribution in [0.2, 0.25) is 0 Å². The summed E-state index contributed by atoms with van der Waals surface area (Å²) in [6.07, 6.45) is 0.973. The number of nitrogens with two attached hydrogens (primary N) is 1. The highest BCUT2D eigenvalue weighted by molar-refractivity contribution is 7.11. The summed E-state index contributed by atoms with van der Waals surface area (Å²) in [5, 5.41) is 4.86. The van der Waals surface area contributed by atoms with Crippen LogP contribution >= 0.6 is 11.3 Å². The summed E-state index contributed by atoms with van der Waals surface area (Å²) in [6.45, 7) is 6.37. The third-order valence-electron chi connectivity index (χ3n) is 4.04. The summed E-state index contributed by atoms with van der Waals surface area (Å²) in [6, 6.07) is 9.31. The lowest BCUT2D eigenvalue weighted by atomic mass is 10.1. The SMILES string of the molecule is Cc1nc(C)c(C(C)NC2CC(N)c3ccccc32)s1. The van der Waals surface area contributed by atoms with E-state index in [0.717, 1.165) is 17.1 Å². The molecule has 0 amide bonds. The van der Waals surface area contributed by atoms with Gasteiger partial charge in [0, 0.05) is 23.0 Å². The lowest BCUT2D eigenvalue weighted by Gasteiger charge is -2.20. The molecule has 0 saturated heterocycles. The summed E-state index contributed by atoms with van der Waals surface area (Å²) in [5.74, 6) is 0. The lowest BCUT2D eigenvalue weighted by Crippen LogP contribution is -2.23. The van der Waals surface area contributed by atoms with Crippen LogP contribution in [-0.4, -0.2) is 4.98 Å². The lowest BCUT2D eigenvalue weighted by molar-refractivity contribution is 0.448. The Morgan fingerprint density at radius 3 is 2.65 bits per heavy atom. The fourth-order valence-electron chi connectivity index (χ4n) is 3.16. The van der Waals surface area contributed by atoms with Crippen LogP contribution in [0.3, 0.4) is 0 Å². The van der Waals surface area contributed by atoms with Crippen molar-refractivity contribution in [2.45, 2.75) is 45.3 Å². The minimum absolute atomic E-state index is 0.153. The molecule has 0 aliphatic heterocycles. The second-order valence-electron chi connectivity index (χ2n) is 5.59. The summed E-state index contributed by atoms with van der Waals surface area (Å²) < 4.78 is 0. The van der Waals surface area contributed by atoms with Crippen LogP contribution in [-0.2, 0) is 0 Å². The zero-order valence-corrected chi connectivity index (χ0v) is 13.0. The van der Waals surface area contributed by atoms with Crippen LogP contribution in [0.4, 0.5) is 0 Å². The standard InChI is InChI=1S/C16H21N3S/c1-9-16(20-11(3)18-9)10(2)19-15-8-14(17)12-6-4-5-7-13(12)15/h4-7,10,14-15,19H,8,17H2,1-3H3. The van der Waals surface area contributed by atoms with E-state index in [1.54, 1.807) is 11.3 Å². The van der Waals surface area contributed by atoms with E-state index in [1.807, 2.05) is 0 Å². The van der Waals surface area contributed by atoms with Gasteiger partial charge in [-0.1, -0.05) is 24.3 Å². The molecule has 1 heterocycles. The number of aromatic nitrogens is 1. The number of rotatable bonds is 3. The van der Waals surface area contributed by atoms with E-state index in [0.29, 0.717) is 12.1 Å². The van der Waals surface area contributed by atoms with E-state index in [4.69, 9.17) is 5.73 Å². The van der Waals surface area contributed by atoms with Gasteiger partial charge in [-0.25, -0.2) is 4.98 Å². The minimum Gasteiger partial charge on any atom is -0.324 e. The Morgan fingerprint density at radius 2 is 2.00 bits per heavy atom. The highest BCUT2D eigenvalue weighted by atomic mass is 32.1. The van der Waals surface area contributed by atoms with E-state index in [-0.39, 0.29) is 6.04 Å². The second kappa shape index (κ2) is 5.28. The van der Waals surface area contributed by atoms with Gasteiger partial charge >= 0.3 is 0 Å². The third-order valence-corrected chi connectivity index (χ3v) is 5.30. The van der Waals surface area contributed by atoms with Gasteiger partial charge in [0.2, 0.25) is 0 Å². The maximum absolute atomic E-state index is 6.24. The maximum Gasteiger partial charge on any atom is 0.0900 e. The topological polar surface area (TPSA) is 50.9 Å². The fraction of sp³-hybridized carbons (Fsp3) is 0.438. The Labute approximate surface area is 124 Å². The molecule has 1 aliphatic carbocycles. The molecule has 3 rings (SSSR count). The van der Waals surface area contributed by atoms with Crippen molar-refractivity contribution in [1.29, 1.82) is 0 Å². The first-order valence-electron chi connectivity index (χ1n) is 7.10. The van der Waals surface area contributed by atoms with Crippen molar-refractivity contribution >= 4 is 11.3 Å². The molecule has 0 spiro atoms. The number of aryl methyl sites for hydroxylation is 2. The third kappa shape index (κ3) is 2.39. The number of hydrogen-bond acceptors (Lipinski definition) is 4. The van der Waals surface area contributed by atoms with Gasteiger partial charge in [-0.3, -0.25) is 0 Å². The summed E-state index contributed by atoms with van der Waals surface area (Å²) >= 11 is 1.78. The monoisotopic (exact) mass is 287 g/mol. The molecule has 3 N–H and O–H groups in total. The zero-order chi connectivity index (χ0) is 14.3. The molecular formula is C16H21N3S. The van der Waals surface area contributed by atoms with Crippen molar-refractivity contribution < 1.29 is 0 Å². The van der Waals surface area contributed by atoms with Crippen LogP contribution in [0.1, 0.15) is 58.2 Å². The molecule has 1 aromatic carbocycles. The van der Waals surface area contributed by atoms with Crippen LogP contribution in [0, 0.1) is 13.8 Å². The molecule has 106 valence electrons. The number of nitrogens with zero attached hydrogens (tertiary/aromatic N) is 1. The van der Waals surface area contributed by atoms with Crippen molar-refractivity contribution in [2.24, 2.45) is 5.73 Å². The zero-order valence-electron chi connectivity index (χ0n) is 12.2. The Morgan fingerprint density at radius 1 is 1.30 bits per heavy atom. The van der Waals surface area contributed by atoms with Crippen molar-refractivity contribution in [3.63, 3.8) is 0 Å². The first-order valence-corrected chi connectivity index (χ1v) is 7.92. The number of nitrogens with one attached hydrogen (secondary N) is 1. The highest BCUT2D eigenvalue weighted by Gasteiger charge is 2.29. The fourth-order valence-corrected chi connectivity index (χ4v) is 4.10. The van der Waals surface area contributed by atoms with Gasteiger partial charge in [-0.15, -0.1) is 11.3 Å². The quantitative estimate of drug-likeness (QED) is 0.907. The molecule has 0 bridgehead atoms. The summed E-state index contributed by atoms with van der Waals surface area (Å²) in [5.41, 5.74) is 10.0. The number of fused-ring (bicyclic) bond motifs is 1. The molecule has 3 nitrogen and oxygen atoms in total. The predicted octanol–water partition coefficient (Wildman–Crippen LogP) is 3.56. The average Bonchev–Trinajstić information content (AvgIpc) is 2.91. The summed E-state index contributed by atoms with van der Waals surface area (Å²) in [7, 11) is 0. The molecule has 0 radical (unpaired) electrons. The molecule has 1 aromatic heterocycles. The number of thiazole rings is 1. The van der Waals surface area contributed by atoms with Crippen molar-refractivity contribution in [1.82, 2.24) is 10.3 Å². The number of benzene rings is 1. The maximum atomic E-state index is 6.24. The average molecular weight is 287 g/mol. The Balaban J connectivity index is 1.81. The summed E-state index contributed by atoms with van der Waals surface area (Å²) in [4.78, 5) is 5.85. The van der Waals surface area contributed by atoms with Gasteiger partial charge in [0.15, 0.2) is 0 Å². The van der Waals surface area contributed by atoms with E-state index in [1.165, 1.54) is 16.0 Å². The van der Waals surface area contributed by atoms with Crippen molar-refractivity contribution in [3.8, 4) is 0 Å². The van der Waals surface area contributed by atoms with Crippen LogP contribution in [0.25, 0.3) is 0 Å². The molecule has 0 saturated carbocycles. The Hall–Kier alpha value is -1.23. The molecule has 20 heavy (non-hydrogen) atoms. The molecule has 2 aromatic rings. The first-order chi connectivity index (χ1) is 9.56. The molecule has 3 unspecified atom stereocenters. The van der Waals surface area contributed by atoms with E-state index in [2.05, 4.69) is 55.3 Å². The van der Waals surface area contributed by atoms with E-state index < -0.39 is 0 Å². The molecule has 3 atom stereocenters. The van der Waals surface area contributed by atoms with Gasteiger partial charge in [-0.05, 0) is 38.3 Å². The molecule has 4 heteroatoms. The van der Waals surface area contributed by atoms with E-state index >= 15 is 0 Å². The normalized spacial score (nSPS) is 22.8. The Kier molecular flexibility index (Phi) is 3.63. The molecule has 0 fully saturated rings. The van der Waals surface area contributed by atoms with Crippen LogP contribution in [0.15, 0.2) is 24.3 Å². The van der Waals surface area contributed by atoms with Gasteiger partial charge in [0.1, 0.15) is 0 Å². The Bertz CT molecular complexity index is 620. The van der Waals surface area contributed by atoms with Gasteiger partial charge in [0.25, 0.3) is 0 Å². The second-order valence-corrected chi connectivity index (χ2v) is 6.83. The van der Waals surface area contributed by atoms with Gasteiger partial charge in [-0.2, -0.15) is 0 Å². The minimum atomic E-state index is 0.153. The van der Waals surface area contributed by atoms with Gasteiger partial charge < -0.3 is 11.1 Å². The highest BCUT2D eigenvalue weighted by Crippen LogP contribution is 2.39. The first kappa shape index (κ1) is 13.7. The molecule has 1 aliphatic rings. The van der Waals surface area contributed by atoms with Crippen LogP contribution in [0.5, 0.6) is 0 Å². The molecular weight excluding hydrogens is 266 g/mol. The van der Waals surface area contributed by atoms with Gasteiger partial charge in [0.05, 0.1) is 10.7 Å².